The van der Waals surface area contributed by atoms with Crippen molar-refractivity contribution in [2.75, 3.05) is 38.1 Å². The molecule has 1 atom stereocenters. The number of aliphatic hydroxyl groups is 1. The molecule has 4 heterocycles. The van der Waals surface area contributed by atoms with E-state index in [0.717, 1.165) is 47.7 Å². The zero-order valence-corrected chi connectivity index (χ0v) is 19.4. The van der Waals surface area contributed by atoms with E-state index in [2.05, 4.69) is 20.2 Å². The SMILES string of the molecule is O=C(C=CCN1CCCC1)N1CCc2c(sc3ncnc(NC(CO)c4ccccc4)c23)C1. The molecule has 7 nitrogen and oxygen atoms in total. The Balaban J connectivity index is 1.33. The first-order valence-corrected chi connectivity index (χ1v) is 12.4. The Hall–Kier alpha value is -2.81. The number of nitrogens with one attached hydrogen (secondary N) is 1. The van der Waals surface area contributed by atoms with E-state index in [4.69, 9.17) is 0 Å². The van der Waals surface area contributed by atoms with Crippen LogP contribution in [0.15, 0.2) is 48.8 Å². The Labute approximate surface area is 197 Å². The molecule has 2 N–H and O–H groups in total. The fourth-order valence-electron chi connectivity index (χ4n) is 4.68. The number of carbonyl (C=O) groups is 1. The number of hydrogen-bond acceptors (Lipinski definition) is 7. The number of rotatable bonds is 7. The number of amides is 1. The molecular formula is C25H29N5O2S. The van der Waals surface area contributed by atoms with E-state index in [1.165, 1.54) is 23.3 Å². The van der Waals surface area contributed by atoms with Crippen molar-refractivity contribution < 1.29 is 9.90 Å². The molecule has 0 radical (unpaired) electrons. The third-order valence-electron chi connectivity index (χ3n) is 6.47. The van der Waals surface area contributed by atoms with Gasteiger partial charge in [-0.3, -0.25) is 9.69 Å². The highest BCUT2D eigenvalue weighted by atomic mass is 32.1. The van der Waals surface area contributed by atoms with Crippen LogP contribution in [0, 0.1) is 0 Å². The quantitative estimate of drug-likeness (QED) is 0.523. The van der Waals surface area contributed by atoms with Crippen molar-refractivity contribution in [2.24, 2.45) is 0 Å². The molecule has 5 rings (SSSR count). The maximum Gasteiger partial charge on any atom is 0.246 e. The van der Waals surface area contributed by atoms with E-state index in [-0.39, 0.29) is 18.6 Å². The van der Waals surface area contributed by atoms with Crippen LogP contribution >= 0.6 is 11.3 Å². The lowest BCUT2D eigenvalue weighted by atomic mass is 10.0. The number of hydrogen-bond donors (Lipinski definition) is 2. The van der Waals surface area contributed by atoms with Gasteiger partial charge < -0.3 is 15.3 Å². The molecule has 33 heavy (non-hydrogen) atoms. The van der Waals surface area contributed by atoms with E-state index in [1.807, 2.05) is 41.3 Å². The summed E-state index contributed by atoms with van der Waals surface area (Å²) < 4.78 is 0. The molecule has 0 saturated carbocycles. The number of fused-ring (bicyclic) bond motifs is 3. The Morgan fingerprint density at radius 1 is 1.18 bits per heavy atom. The first-order chi connectivity index (χ1) is 16.2. The molecule has 1 unspecified atom stereocenters. The summed E-state index contributed by atoms with van der Waals surface area (Å²) in [5, 5.41) is 14.4. The number of benzene rings is 1. The average molecular weight is 464 g/mol. The number of nitrogens with zero attached hydrogens (tertiary/aromatic N) is 4. The standard InChI is InChI=1S/C25H29N5O2S/c31-16-20(18-7-2-1-3-8-18)28-24-23-19-10-14-30(15-21(19)33-25(23)27-17-26-24)22(32)9-6-13-29-11-4-5-12-29/h1-3,6-9,17,20,31H,4-5,10-16H2,(H,26,27,28). The highest BCUT2D eigenvalue weighted by Gasteiger charge is 2.26. The van der Waals surface area contributed by atoms with Crippen LogP contribution in [0.25, 0.3) is 10.2 Å². The fraction of sp³-hybridized carbons (Fsp3) is 0.400. The largest absolute Gasteiger partial charge is 0.394 e. The van der Waals surface area contributed by atoms with E-state index in [1.54, 1.807) is 23.7 Å². The molecule has 2 aliphatic heterocycles. The van der Waals surface area contributed by atoms with Gasteiger partial charge in [0.15, 0.2) is 0 Å². The van der Waals surface area contributed by atoms with Gasteiger partial charge in [-0.25, -0.2) is 9.97 Å². The normalized spacial score (nSPS) is 17.5. The summed E-state index contributed by atoms with van der Waals surface area (Å²) in [6.45, 7) is 4.37. The van der Waals surface area contributed by atoms with Crippen LogP contribution < -0.4 is 5.32 Å². The van der Waals surface area contributed by atoms with Gasteiger partial charge in [-0.1, -0.05) is 36.4 Å². The van der Waals surface area contributed by atoms with Crippen LogP contribution in [0.5, 0.6) is 0 Å². The van der Waals surface area contributed by atoms with Gasteiger partial charge in [0, 0.05) is 24.0 Å². The first kappa shape index (κ1) is 22.0. The molecule has 172 valence electrons. The number of thiophene rings is 1. The summed E-state index contributed by atoms with van der Waals surface area (Å²) in [6.07, 6.45) is 8.59. The summed E-state index contributed by atoms with van der Waals surface area (Å²) in [5.74, 6) is 0.817. The Morgan fingerprint density at radius 3 is 2.79 bits per heavy atom. The molecule has 0 spiro atoms. The lowest BCUT2D eigenvalue weighted by Crippen LogP contribution is -2.34. The third-order valence-corrected chi connectivity index (χ3v) is 7.59. The van der Waals surface area contributed by atoms with E-state index in [9.17, 15) is 9.90 Å². The fourth-order valence-corrected chi connectivity index (χ4v) is 5.89. The topological polar surface area (TPSA) is 81.6 Å². The molecule has 0 bridgehead atoms. The minimum atomic E-state index is -0.248. The molecule has 3 aromatic rings. The summed E-state index contributed by atoms with van der Waals surface area (Å²) >= 11 is 1.63. The molecular weight excluding hydrogens is 434 g/mol. The maximum atomic E-state index is 12.8. The number of anilines is 1. The molecule has 2 aliphatic rings. The minimum absolute atomic E-state index is 0.0338. The van der Waals surface area contributed by atoms with E-state index >= 15 is 0 Å². The van der Waals surface area contributed by atoms with Crippen LogP contribution in [0.1, 0.15) is 34.9 Å². The van der Waals surface area contributed by atoms with Crippen molar-refractivity contribution in [2.45, 2.75) is 31.8 Å². The zero-order chi connectivity index (χ0) is 22.6. The molecule has 1 aromatic carbocycles. The van der Waals surface area contributed by atoms with Crippen molar-refractivity contribution in [3.63, 3.8) is 0 Å². The molecule has 2 aromatic heterocycles. The summed E-state index contributed by atoms with van der Waals surface area (Å²) in [5.41, 5.74) is 2.22. The van der Waals surface area contributed by atoms with Gasteiger partial charge in [0.05, 0.1) is 24.6 Å². The minimum Gasteiger partial charge on any atom is -0.394 e. The van der Waals surface area contributed by atoms with Gasteiger partial charge in [0.2, 0.25) is 5.91 Å². The van der Waals surface area contributed by atoms with Crippen molar-refractivity contribution in [1.29, 1.82) is 0 Å². The predicted molar refractivity (Wildman–Crippen MR) is 131 cm³/mol. The zero-order valence-electron chi connectivity index (χ0n) is 18.6. The van der Waals surface area contributed by atoms with Gasteiger partial charge in [-0.15, -0.1) is 11.3 Å². The molecule has 1 fully saturated rings. The Morgan fingerprint density at radius 2 is 2.00 bits per heavy atom. The average Bonchev–Trinajstić information content (AvgIpc) is 3.50. The van der Waals surface area contributed by atoms with Crippen LogP contribution in [0.4, 0.5) is 5.82 Å². The van der Waals surface area contributed by atoms with Crippen molar-refractivity contribution >= 4 is 33.3 Å². The van der Waals surface area contributed by atoms with Gasteiger partial charge in [-0.2, -0.15) is 0 Å². The van der Waals surface area contributed by atoms with E-state index < -0.39 is 0 Å². The van der Waals surface area contributed by atoms with Gasteiger partial charge in [0.1, 0.15) is 17.0 Å². The molecule has 8 heteroatoms. The maximum absolute atomic E-state index is 12.8. The van der Waals surface area contributed by atoms with Crippen LogP contribution in [-0.4, -0.2) is 63.6 Å². The second-order valence-corrected chi connectivity index (χ2v) is 9.70. The number of aromatic nitrogens is 2. The monoisotopic (exact) mass is 463 g/mol. The lowest BCUT2D eigenvalue weighted by Gasteiger charge is -2.26. The van der Waals surface area contributed by atoms with Crippen LogP contribution in [0.2, 0.25) is 0 Å². The number of carbonyl (C=O) groups excluding carboxylic acids is 1. The summed E-state index contributed by atoms with van der Waals surface area (Å²) in [7, 11) is 0. The number of aliphatic hydroxyl groups excluding tert-OH is 1. The van der Waals surface area contributed by atoms with Crippen molar-refractivity contribution in [1.82, 2.24) is 19.8 Å². The van der Waals surface area contributed by atoms with Crippen LogP contribution in [-0.2, 0) is 17.8 Å². The van der Waals surface area contributed by atoms with Gasteiger partial charge in [0.25, 0.3) is 0 Å². The van der Waals surface area contributed by atoms with Gasteiger partial charge in [-0.05, 0) is 43.5 Å². The summed E-state index contributed by atoms with van der Waals surface area (Å²) in [4.78, 5) is 28.2. The third kappa shape index (κ3) is 4.78. The predicted octanol–water partition coefficient (Wildman–Crippen LogP) is 3.37. The van der Waals surface area contributed by atoms with Gasteiger partial charge >= 0.3 is 0 Å². The first-order valence-electron chi connectivity index (χ1n) is 11.6. The van der Waals surface area contributed by atoms with Crippen molar-refractivity contribution in [3.8, 4) is 0 Å². The molecule has 0 aliphatic carbocycles. The Bertz CT molecular complexity index is 1140. The van der Waals surface area contributed by atoms with Crippen molar-refractivity contribution in [3.05, 3.63) is 64.8 Å². The molecule has 1 saturated heterocycles. The second kappa shape index (κ2) is 9.99. The Kier molecular flexibility index (Phi) is 6.66. The summed E-state index contributed by atoms with van der Waals surface area (Å²) in [6, 6.07) is 9.64. The number of likely N-dealkylation sites (tertiary alicyclic amines) is 1. The highest BCUT2D eigenvalue weighted by Crippen LogP contribution is 2.38. The highest BCUT2D eigenvalue weighted by molar-refractivity contribution is 7.19. The van der Waals surface area contributed by atoms with Crippen LogP contribution in [0.3, 0.4) is 0 Å². The smallest absolute Gasteiger partial charge is 0.246 e. The second-order valence-electron chi connectivity index (χ2n) is 8.62. The van der Waals surface area contributed by atoms with E-state index in [0.29, 0.717) is 13.1 Å². The molecule has 1 amide bonds. The lowest BCUT2D eigenvalue weighted by molar-refractivity contribution is -0.126.